The van der Waals surface area contributed by atoms with Crippen LogP contribution in [0.2, 0.25) is 0 Å². The predicted octanol–water partition coefficient (Wildman–Crippen LogP) is 9.29. The first kappa shape index (κ1) is 26.2. The maximum atomic E-state index is 15.0. The maximum Gasteiger partial charge on any atom is 0.173 e. The van der Waals surface area contributed by atoms with Crippen molar-refractivity contribution in [2.45, 2.75) is 31.7 Å². The molecule has 1 spiro atoms. The summed E-state index contributed by atoms with van der Waals surface area (Å²) in [5.41, 5.74) is 7.75. The Kier molecular flexibility index (Phi) is 6.06. The molecule has 2 atom stereocenters. The Bertz CT molecular complexity index is 1880. The van der Waals surface area contributed by atoms with E-state index in [1.807, 2.05) is 30.3 Å². The van der Waals surface area contributed by atoms with Crippen LogP contribution in [-0.4, -0.2) is 18.4 Å². The van der Waals surface area contributed by atoms with Crippen molar-refractivity contribution in [3.05, 3.63) is 161 Å². The highest BCUT2D eigenvalue weighted by molar-refractivity contribution is 6.11. The molecule has 2 nitrogen and oxygen atoms in total. The van der Waals surface area contributed by atoms with E-state index in [-0.39, 0.29) is 5.78 Å². The van der Waals surface area contributed by atoms with E-state index in [0.29, 0.717) is 0 Å². The molecule has 0 bridgehead atoms. The number of allylic oxidation sites excluding steroid dienone is 2. The lowest BCUT2D eigenvalue weighted by atomic mass is 9.56. The van der Waals surface area contributed by atoms with Crippen molar-refractivity contribution in [2.24, 2.45) is 5.92 Å². The lowest BCUT2D eigenvalue weighted by Gasteiger charge is -2.52. The summed E-state index contributed by atoms with van der Waals surface area (Å²) in [6.07, 6.45) is 4.67. The molecule has 0 saturated heterocycles. The van der Waals surface area contributed by atoms with Gasteiger partial charge in [0, 0.05) is 23.7 Å². The fourth-order valence-electron chi connectivity index (χ4n) is 7.60. The van der Waals surface area contributed by atoms with Crippen LogP contribution in [0.5, 0.6) is 0 Å². The average molecular weight is 546 g/mol. The molecule has 1 aliphatic heterocycles. The number of anilines is 1. The van der Waals surface area contributed by atoms with Crippen molar-refractivity contribution in [1.82, 2.24) is 0 Å². The highest BCUT2D eigenvalue weighted by Gasteiger charge is 2.62. The summed E-state index contributed by atoms with van der Waals surface area (Å²) in [5, 5.41) is 2.47. The van der Waals surface area contributed by atoms with E-state index < -0.39 is 16.9 Å². The molecule has 1 heterocycles. The van der Waals surface area contributed by atoms with Crippen LogP contribution in [0.15, 0.2) is 133 Å². The number of carbonyl (C=O) groups excluding carboxylic acids is 1. The van der Waals surface area contributed by atoms with Crippen LogP contribution in [0, 0.1) is 12.8 Å². The number of fused-ring (bicyclic) bond motifs is 3. The van der Waals surface area contributed by atoms with E-state index in [4.69, 9.17) is 0 Å². The molecule has 0 amide bonds. The third-order valence-electron chi connectivity index (χ3n) is 9.70. The van der Waals surface area contributed by atoms with Crippen molar-refractivity contribution < 1.29 is 4.79 Å². The quantitative estimate of drug-likeness (QED) is 0.210. The number of likely N-dealkylation sites (N-methyl/N-ethyl adjacent to an activating group) is 1. The van der Waals surface area contributed by atoms with Gasteiger partial charge >= 0.3 is 0 Å². The molecular formula is C40H35NO. The third-order valence-corrected chi connectivity index (χ3v) is 9.70. The normalized spacial score (nSPS) is 20.8. The van der Waals surface area contributed by atoms with Gasteiger partial charge in [0.1, 0.15) is 0 Å². The summed E-state index contributed by atoms with van der Waals surface area (Å²) in [6, 6.07) is 42.2. The van der Waals surface area contributed by atoms with E-state index in [2.05, 4.69) is 136 Å². The van der Waals surface area contributed by atoms with Gasteiger partial charge in [0.25, 0.3) is 0 Å². The Hall–Kier alpha value is -4.69. The van der Waals surface area contributed by atoms with Crippen LogP contribution in [0.3, 0.4) is 0 Å². The van der Waals surface area contributed by atoms with E-state index in [0.717, 1.165) is 27.8 Å². The zero-order chi connectivity index (χ0) is 29.1. The maximum absolute atomic E-state index is 15.0. The molecule has 0 radical (unpaired) electrons. The third kappa shape index (κ3) is 3.75. The van der Waals surface area contributed by atoms with Gasteiger partial charge in [0.2, 0.25) is 0 Å². The Morgan fingerprint density at radius 1 is 0.714 bits per heavy atom. The van der Waals surface area contributed by atoms with Gasteiger partial charge < -0.3 is 4.90 Å². The smallest absolute Gasteiger partial charge is 0.173 e. The van der Waals surface area contributed by atoms with E-state index in [1.165, 1.54) is 27.6 Å². The number of benzene rings is 5. The van der Waals surface area contributed by atoms with Crippen LogP contribution in [0.1, 0.15) is 46.5 Å². The van der Waals surface area contributed by atoms with Crippen LogP contribution in [0.25, 0.3) is 21.9 Å². The Morgan fingerprint density at radius 2 is 1.36 bits per heavy atom. The second-order valence-electron chi connectivity index (χ2n) is 12.3. The first-order valence-electron chi connectivity index (χ1n) is 14.8. The number of carbonyl (C=O) groups is 1. The zero-order valence-electron chi connectivity index (χ0n) is 24.6. The summed E-state index contributed by atoms with van der Waals surface area (Å²) in [7, 11) is 2.19. The van der Waals surface area contributed by atoms with Gasteiger partial charge in [-0.05, 0) is 63.8 Å². The summed E-state index contributed by atoms with van der Waals surface area (Å²) >= 11 is 0. The van der Waals surface area contributed by atoms with Gasteiger partial charge in [-0.25, -0.2) is 0 Å². The molecule has 0 aromatic heterocycles. The molecule has 42 heavy (non-hydrogen) atoms. The monoisotopic (exact) mass is 545 g/mol. The van der Waals surface area contributed by atoms with E-state index >= 15 is 4.79 Å². The predicted molar refractivity (Wildman–Crippen MR) is 176 cm³/mol. The average Bonchev–Trinajstić information content (AvgIpc) is 3.19. The number of hydrogen-bond acceptors (Lipinski definition) is 2. The van der Waals surface area contributed by atoms with Crippen LogP contribution < -0.4 is 4.90 Å². The van der Waals surface area contributed by atoms with Gasteiger partial charge in [-0.3, -0.25) is 4.79 Å². The number of hydrogen-bond donors (Lipinski definition) is 0. The van der Waals surface area contributed by atoms with Crippen molar-refractivity contribution in [3.8, 4) is 0 Å². The van der Waals surface area contributed by atoms with E-state index in [9.17, 15) is 0 Å². The Labute approximate surface area is 248 Å². The fourth-order valence-corrected chi connectivity index (χ4v) is 7.60. The SMILES string of the molecule is Cc1ccc(C2=CC(c3ccccc3)=CC3(C2C(=O)c2ccccc2)N(C)c2ccc4ccccc4c2C3(C)C)cc1. The zero-order valence-corrected chi connectivity index (χ0v) is 24.6. The molecule has 5 aromatic rings. The lowest BCUT2D eigenvalue weighted by Crippen LogP contribution is -2.61. The van der Waals surface area contributed by atoms with Gasteiger partial charge in [-0.1, -0.05) is 135 Å². The first-order valence-corrected chi connectivity index (χ1v) is 14.8. The van der Waals surface area contributed by atoms with Gasteiger partial charge in [-0.15, -0.1) is 0 Å². The summed E-state index contributed by atoms with van der Waals surface area (Å²) in [6.45, 7) is 6.78. The van der Waals surface area contributed by atoms with Crippen molar-refractivity contribution >= 4 is 33.4 Å². The number of rotatable bonds is 4. The lowest BCUT2D eigenvalue weighted by molar-refractivity contribution is 0.0886. The second-order valence-corrected chi connectivity index (χ2v) is 12.3. The van der Waals surface area contributed by atoms with Crippen LogP contribution in [-0.2, 0) is 5.41 Å². The fraction of sp³-hybridized carbons (Fsp3) is 0.175. The van der Waals surface area contributed by atoms with Crippen LogP contribution >= 0.6 is 0 Å². The molecule has 5 aromatic carbocycles. The minimum atomic E-state index is -0.674. The van der Waals surface area contributed by atoms with Crippen molar-refractivity contribution in [2.75, 3.05) is 11.9 Å². The first-order chi connectivity index (χ1) is 20.3. The van der Waals surface area contributed by atoms with Gasteiger partial charge in [0.15, 0.2) is 5.78 Å². The number of Topliss-reactive ketones (excluding diaryl/α,β-unsaturated/α-hetero) is 1. The molecule has 0 N–H and O–H groups in total. The summed E-state index contributed by atoms with van der Waals surface area (Å²) in [5.74, 6) is -0.302. The topological polar surface area (TPSA) is 20.3 Å². The molecule has 2 aliphatic rings. The standard InChI is InChI=1S/C40H35NO/c1-27-19-21-30(22-20-27)34-25-32(28-13-7-5-8-14-28)26-40(37(34)38(42)31-16-9-6-10-17-31)39(2,3)36-33-18-12-11-15-29(33)23-24-35(36)41(40)4/h5-26,37H,1-4H3. The molecule has 1 aliphatic carbocycles. The Balaban J connectivity index is 1.58. The summed E-state index contributed by atoms with van der Waals surface area (Å²) in [4.78, 5) is 17.4. The minimum absolute atomic E-state index is 0.142. The number of aryl methyl sites for hydroxylation is 1. The molecule has 2 heteroatoms. The Morgan fingerprint density at radius 3 is 2.07 bits per heavy atom. The minimum Gasteiger partial charge on any atom is -0.363 e. The molecule has 0 saturated carbocycles. The molecule has 206 valence electrons. The molecular weight excluding hydrogens is 510 g/mol. The summed E-state index contributed by atoms with van der Waals surface area (Å²) < 4.78 is 0. The van der Waals surface area contributed by atoms with Crippen molar-refractivity contribution in [1.29, 1.82) is 0 Å². The van der Waals surface area contributed by atoms with Crippen molar-refractivity contribution in [3.63, 3.8) is 0 Å². The highest BCUT2D eigenvalue weighted by Crippen LogP contribution is 2.61. The molecule has 7 rings (SSSR count). The van der Waals surface area contributed by atoms with Crippen LogP contribution in [0.4, 0.5) is 5.69 Å². The second kappa shape index (κ2) is 9.70. The van der Waals surface area contributed by atoms with Gasteiger partial charge in [0.05, 0.1) is 11.5 Å². The van der Waals surface area contributed by atoms with E-state index in [1.54, 1.807) is 0 Å². The largest absolute Gasteiger partial charge is 0.363 e. The van der Waals surface area contributed by atoms with Gasteiger partial charge in [-0.2, -0.15) is 0 Å². The number of ketones is 1. The number of nitrogens with zero attached hydrogens (tertiary/aromatic N) is 1. The molecule has 2 unspecified atom stereocenters. The molecule has 0 fully saturated rings. The highest BCUT2D eigenvalue weighted by atomic mass is 16.1.